The molecule has 0 unspecified atom stereocenters. The first kappa shape index (κ1) is 18.7. The smallest absolute Gasteiger partial charge is 0.219 e. The summed E-state index contributed by atoms with van der Waals surface area (Å²) in [6, 6.07) is 5.43. The highest BCUT2D eigenvalue weighted by atomic mass is 32.2. The molecule has 1 N–H and O–H groups in total. The first-order valence-corrected chi connectivity index (χ1v) is 9.62. The Kier molecular flexibility index (Phi) is 6.56. The fourth-order valence-corrected chi connectivity index (χ4v) is 3.51. The van der Waals surface area contributed by atoms with Gasteiger partial charge in [0.25, 0.3) is 0 Å². The topological polar surface area (TPSA) is 75.7 Å². The Balaban J connectivity index is 1.68. The lowest BCUT2D eigenvalue weighted by Gasteiger charge is -2.31. The van der Waals surface area contributed by atoms with Crippen molar-refractivity contribution in [2.45, 2.75) is 19.8 Å². The van der Waals surface area contributed by atoms with E-state index in [1.165, 1.54) is 24.3 Å². The zero-order valence-corrected chi connectivity index (χ0v) is 14.5. The van der Waals surface area contributed by atoms with Crippen LogP contribution in [0.25, 0.3) is 0 Å². The zero-order chi connectivity index (χ0) is 17.6. The van der Waals surface area contributed by atoms with Gasteiger partial charge in [-0.25, -0.2) is 17.5 Å². The number of nitrogens with one attached hydrogen (secondary N) is 1. The van der Waals surface area contributed by atoms with Gasteiger partial charge in [-0.3, -0.25) is 4.79 Å². The van der Waals surface area contributed by atoms with E-state index in [4.69, 9.17) is 4.74 Å². The van der Waals surface area contributed by atoms with Crippen LogP contribution in [0.15, 0.2) is 24.3 Å². The molecule has 1 aromatic carbocycles. The van der Waals surface area contributed by atoms with Crippen LogP contribution >= 0.6 is 0 Å². The standard InChI is InChI=1S/C16H23FN2O4S/c1-13(20)19-8-6-14(7-9-19)12-18-24(21,22)11-10-23-16-4-2-15(17)3-5-16/h2-5,14,18H,6-12H2,1H3. The first-order valence-electron chi connectivity index (χ1n) is 7.97. The van der Waals surface area contributed by atoms with Crippen LogP contribution in [0.1, 0.15) is 19.8 Å². The van der Waals surface area contributed by atoms with Gasteiger partial charge in [-0.05, 0) is 43.0 Å². The number of amides is 1. The highest BCUT2D eigenvalue weighted by molar-refractivity contribution is 7.89. The van der Waals surface area contributed by atoms with Gasteiger partial charge in [-0.15, -0.1) is 0 Å². The maximum Gasteiger partial charge on any atom is 0.219 e. The summed E-state index contributed by atoms with van der Waals surface area (Å²) in [5.41, 5.74) is 0. The second-order valence-electron chi connectivity index (χ2n) is 5.92. The van der Waals surface area contributed by atoms with Gasteiger partial charge in [0.1, 0.15) is 18.2 Å². The van der Waals surface area contributed by atoms with Gasteiger partial charge in [-0.1, -0.05) is 0 Å². The van der Waals surface area contributed by atoms with Crippen LogP contribution in [-0.2, 0) is 14.8 Å². The van der Waals surface area contributed by atoms with Crippen LogP contribution in [0, 0.1) is 11.7 Å². The predicted octanol–water partition coefficient (Wildman–Crippen LogP) is 1.38. The van der Waals surface area contributed by atoms with E-state index in [2.05, 4.69) is 4.72 Å². The number of benzene rings is 1. The summed E-state index contributed by atoms with van der Waals surface area (Å²) in [5.74, 6) is 0.215. The number of hydrogen-bond donors (Lipinski definition) is 1. The normalized spacial score (nSPS) is 16.2. The van der Waals surface area contributed by atoms with E-state index in [-0.39, 0.29) is 30.0 Å². The largest absolute Gasteiger partial charge is 0.492 e. The lowest BCUT2D eigenvalue weighted by molar-refractivity contribution is -0.130. The molecule has 0 aromatic heterocycles. The third-order valence-electron chi connectivity index (χ3n) is 4.09. The number of ether oxygens (including phenoxy) is 1. The first-order chi connectivity index (χ1) is 11.4. The Morgan fingerprint density at radius 3 is 2.50 bits per heavy atom. The molecule has 2 rings (SSSR count). The van der Waals surface area contributed by atoms with Crippen LogP contribution < -0.4 is 9.46 Å². The molecule has 24 heavy (non-hydrogen) atoms. The fourth-order valence-electron chi connectivity index (χ4n) is 2.57. The van der Waals surface area contributed by atoms with Crippen molar-refractivity contribution < 1.29 is 22.3 Å². The van der Waals surface area contributed by atoms with Crippen molar-refractivity contribution in [3.63, 3.8) is 0 Å². The van der Waals surface area contributed by atoms with Crippen LogP contribution in [-0.4, -0.2) is 51.2 Å². The summed E-state index contributed by atoms with van der Waals surface area (Å²) in [6.07, 6.45) is 1.60. The number of piperidine rings is 1. The Labute approximate surface area is 142 Å². The average molecular weight is 358 g/mol. The lowest BCUT2D eigenvalue weighted by Crippen LogP contribution is -2.41. The molecule has 0 atom stereocenters. The molecular formula is C16H23FN2O4S. The van der Waals surface area contributed by atoms with Crippen molar-refractivity contribution in [1.29, 1.82) is 0 Å². The number of nitrogens with zero attached hydrogens (tertiary/aromatic N) is 1. The van der Waals surface area contributed by atoms with E-state index in [0.29, 0.717) is 25.4 Å². The van der Waals surface area contributed by atoms with Gasteiger partial charge in [0.15, 0.2) is 0 Å². The number of hydrogen-bond acceptors (Lipinski definition) is 4. The molecule has 0 bridgehead atoms. The van der Waals surface area contributed by atoms with Gasteiger partial charge >= 0.3 is 0 Å². The molecule has 1 amide bonds. The molecule has 0 aliphatic carbocycles. The molecule has 0 saturated carbocycles. The van der Waals surface area contributed by atoms with Crippen molar-refractivity contribution >= 4 is 15.9 Å². The number of halogens is 1. The van der Waals surface area contributed by atoms with Crippen molar-refractivity contribution in [1.82, 2.24) is 9.62 Å². The van der Waals surface area contributed by atoms with E-state index in [1.807, 2.05) is 0 Å². The predicted molar refractivity (Wildman–Crippen MR) is 88.7 cm³/mol. The SMILES string of the molecule is CC(=O)N1CCC(CNS(=O)(=O)CCOc2ccc(F)cc2)CC1. The summed E-state index contributed by atoms with van der Waals surface area (Å²) >= 11 is 0. The summed E-state index contributed by atoms with van der Waals surface area (Å²) in [5, 5.41) is 0. The molecule has 6 nitrogen and oxygen atoms in total. The molecule has 8 heteroatoms. The molecule has 1 heterocycles. The molecule has 1 aliphatic heterocycles. The van der Waals surface area contributed by atoms with Crippen LogP contribution in [0.4, 0.5) is 4.39 Å². The van der Waals surface area contributed by atoms with Crippen molar-refractivity contribution in [3.8, 4) is 5.75 Å². The lowest BCUT2D eigenvalue weighted by atomic mass is 9.97. The molecular weight excluding hydrogens is 335 g/mol. The summed E-state index contributed by atoms with van der Waals surface area (Å²) in [6.45, 7) is 3.28. The monoisotopic (exact) mass is 358 g/mol. The number of rotatable bonds is 7. The van der Waals surface area contributed by atoms with Crippen LogP contribution in [0.2, 0.25) is 0 Å². The fraction of sp³-hybridized carbons (Fsp3) is 0.562. The third-order valence-corrected chi connectivity index (χ3v) is 5.40. The number of sulfonamides is 1. The van der Waals surface area contributed by atoms with Gasteiger partial charge in [0, 0.05) is 26.6 Å². The van der Waals surface area contributed by atoms with E-state index >= 15 is 0 Å². The Bertz CT molecular complexity index is 641. The van der Waals surface area contributed by atoms with Gasteiger partial charge in [0.2, 0.25) is 15.9 Å². The Morgan fingerprint density at radius 1 is 1.29 bits per heavy atom. The summed E-state index contributed by atoms with van der Waals surface area (Å²) in [4.78, 5) is 13.0. The van der Waals surface area contributed by atoms with Crippen LogP contribution in [0.5, 0.6) is 5.75 Å². The van der Waals surface area contributed by atoms with Gasteiger partial charge < -0.3 is 9.64 Å². The summed E-state index contributed by atoms with van der Waals surface area (Å²) < 4.78 is 44.6. The van der Waals surface area contributed by atoms with Gasteiger partial charge in [0.05, 0.1) is 5.75 Å². The van der Waals surface area contributed by atoms with E-state index in [1.54, 1.807) is 11.8 Å². The minimum Gasteiger partial charge on any atom is -0.492 e. The van der Waals surface area contributed by atoms with E-state index in [0.717, 1.165) is 12.8 Å². The van der Waals surface area contributed by atoms with Crippen molar-refractivity contribution in [3.05, 3.63) is 30.1 Å². The Hall–Kier alpha value is -1.67. The van der Waals surface area contributed by atoms with Gasteiger partial charge in [-0.2, -0.15) is 0 Å². The Morgan fingerprint density at radius 2 is 1.92 bits per heavy atom. The highest BCUT2D eigenvalue weighted by Crippen LogP contribution is 2.16. The second kappa shape index (κ2) is 8.43. The second-order valence-corrected chi connectivity index (χ2v) is 7.85. The van der Waals surface area contributed by atoms with Crippen molar-refractivity contribution in [2.24, 2.45) is 5.92 Å². The molecule has 0 spiro atoms. The third kappa shape index (κ3) is 6.09. The van der Waals surface area contributed by atoms with E-state index < -0.39 is 10.0 Å². The number of carbonyl (C=O) groups excluding carboxylic acids is 1. The minimum atomic E-state index is -3.42. The number of carbonyl (C=O) groups is 1. The minimum absolute atomic E-state index is 0.00372. The molecule has 1 aromatic rings. The molecule has 1 fully saturated rings. The van der Waals surface area contributed by atoms with E-state index in [9.17, 15) is 17.6 Å². The maximum atomic E-state index is 12.8. The zero-order valence-electron chi connectivity index (χ0n) is 13.7. The quantitative estimate of drug-likeness (QED) is 0.799. The maximum absolute atomic E-state index is 12.8. The average Bonchev–Trinajstić information content (AvgIpc) is 2.55. The molecule has 1 saturated heterocycles. The molecule has 0 radical (unpaired) electrons. The van der Waals surface area contributed by atoms with Crippen LogP contribution in [0.3, 0.4) is 0 Å². The molecule has 134 valence electrons. The number of likely N-dealkylation sites (tertiary alicyclic amines) is 1. The summed E-state index contributed by atoms with van der Waals surface area (Å²) in [7, 11) is -3.42. The van der Waals surface area contributed by atoms with Crippen molar-refractivity contribution in [2.75, 3.05) is 32.0 Å². The molecule has 1 aliphatic rings. The highest BCUT2D eigenvalue weighted by Gasteiger charge is 2.22.